The largest absolute Gasteiger partial charge is 0.490 e. The molecule has 166 valence electrons. The van der Waals surface area contributed by atoms with Crippen molar-refractivity contribution in [3.8, 4) is 16.9 Å². The Bertz CT molecular complexity index is 1120. The van der Waals surface area contributed by atoms with E-state index in [0.29, 0.717) is 25.9 Å². The first-order valence-electron chi connectivity index (χ1n) is 10.8. The highest BCUT2D eigenvalue weighted by atomic mass is 16.5. The maximum atomic E-state index is 12.3. The lowest BCUT2D eigenvalue weighted by atomic mass is 9.98. The summed E-state index contributed by atoms with van der Waals surface area (Å²) in [6, 6.07) is 15.6. The molecule has 0 aliphatic carbocycles. The van der Waals surface area contributed by atoms with Gasteiger partial charge >= 0.3 is 6.09 Å². The molecule has 2 aromatic carbocycles. The zero-order valence-electron chi connectivity index (χ0n) is 18.2. The molecule has 2 N–H and O–H groups in total. The minimum absolute atomic E-state index is 0.0271. The molecule has 0 bridgehead atoms. The Morgan fingerprint density at radius 2 is 1.84 bits per heavy atom. The van der Waals surface area contributed by atoms with Crippen LogP contribution in [0.15, 0.2) is 54.7 Å². The molecule has 0 radical (unpaired) electrons. The monoisotopic (exact) mass is 433 g/mol. The third-order valence-electron chi connectivity index (χ3n) is 5.96. The lowest BCUT2D eigenvalue weighted by Gasteiger charge is -2.33. The maximum Gasteiger partial charge on any atom is 0.405 e. The Morgan fingerprint density at radius 3 is 2.53 bits per heavy atom. The minimum atomic E-state index is -1.19. The molecular formula is C25H27N3O4. The molecule has 4 rings (SSSR count). The summed E-state index contributed by atoms with van der Waals surface area (Å²) in [4.78, 5) is 29.3. The number of carbonyl (C=O) groups is 2. The number of nitrogens with one attached hydrogen (secondary N) is 1. The number of aromatic nitrogens is 1. The van der Waals surface area contributed by atoms with Gasteiger partial charge < -0.3 is 20.1 Å². The second-order valence-electron chi connectivity index (χ2n) is 8.15. The number of carboxylic acid groups (broad SMARTS) is 1. The average Bonchev–Trinajstić information content (AvgIpc) is 2.80. The van der Waals surface area contributed by atoms with Crippen LogP contribution < -0.4 is 10.1 Å². The Hall–Kier alpha value is -3.61. The van der Waals surface area contributed by atoms with E-state index in [1.807, 2.05) is 24.4 Å². The third kappa shape index (κ3) is 4.66. The number of amides is 2. The first-order chi connectivity index (χ1) is 15.4. The molecule has 1 atom stereocenters. The summed E-state index contributed by atoms with van der Waals surface area (Å²) in [6.07, 6.45) is 2.07. The van der Waals surface area contributed by atoms with Crippen molar-refractivity contribution in [1.82, 2.24) is 15.2 Å². The van der Waals surface area contributed by atoms with Crippen LogP contribution in [0.25, 0.3) is 22.0 Å². The Balaban J connectivity index is 1.37. The van der Waals surface area contributed by atoms with E-state index in [1.54, 1.807) is 11.8 Å². The highest BCUT2D eigenvalue weighted by molar-refractivity contribution is 5.88. The van der Waals surface area contributed by atoms with Crippen LogP contribution in [-0.2, 0) is 4.79 Å². The molecule has 7 heteroatoms. The minimum Gasteiger partial charge on any atom is -0.490 e. The van der Waals surface area contributed by atoms with E-state index in [1.165, 1.54) is 0 Å². The quantitative estimate of drug-likeness (QED) is 0.628. The first kappa shape index (κ1) is 21.6. The number of ether oxygens (including phenoxy) is 1. The molecule has 1 saturated heterocycles. The fourth-order valence-corrected chi connectivity index (χ4v) is 4.22. The Morgan fingerprint density at radius 1 is 1.12 bits per heavy atom. The number of rotatable bonds is 5. The molecule has 0 saturated carbocycles. The van der Waals surface area contributed by atoms with Crippen LogP contribution in [-0.4, -0.2) is 52.2 Å². The van der Waals surface area contributed by atoms with E-state index in [0.717, 1.165) is 33.3 Å². The van der Waals surface area contributed by atoms with Crippen molar-refractivity contribution in [3.63, 3.8) is 0 Å². The van der Waals surface area contributed by atoms with Gasteiger partial charge in [-0.05, 0) is 48.7 Å². The third-order valence-corrected chi connectivity index (χ3v) is 5.96. The summed E-state index contributed by atoms with van der Waals surface area (Å²) in [5.41, 5.74) is 4.43. The van der Waals surface area contributed by atoms with E-state index in [-0.39, 0.29) is 12.0 Å². The van der Waals surface area contributed by atoms with Crippen LogP contribution >= 0.6 is 0 Å². The van der Waals surface area contributed by atoms with Crippen molar-refractivity contribution in [1.29, 1.82) is 0 Å². The van der Waals surface area contributed by atoms with E-state index < -0.39 is 12.1 Å². The van der Waals surface area contributed by atoms with E-state index in [4.69, 9.17) is 9.84 Å². The normalized spacial score (nSPS) is 15.4. The number of benzene rings is 2. The number of hydrogen-bond donors (Lipinski definition) is 2. The van der Waals surface area contributed by atoms with Crippen LogP contribution in [0.2, 0.25) is 0 Å². The van der Waals surface area contributed by atoms with Crippen molar-refractivity contribution in [2.24, 2.45) is 0 Å². The van der Waals surface area contributed by atoms with Crippen LogP contribution in [0.5, 0.6) is 5.75 Å². The van der Waals surface area contributed by atoms with Gasteiger partial charge in [0.1, 0.15) is 17.9 Å². The van der Waals surface area contributed by atoms with Gasteiger partial charge in [-0.25, -0.2) is 4.79 Å². The summed E-state index contributed by atoms with van der Waals surface area (Å²) in [5.74, 6) is 0.603. The first-order valence-corrected chi connectivity index (χ1v) is 10.8. The van der Waals surface area contributed by atoms with Gasteiger partial charge in [-0.15, -0.1) is 0 Å². The number of piperidine rings is 1. The van der Waals surface area contributed by atoms with Crippen LogP contribution in [0.1, 0.15) is 25.3 Å². The molecule has 1 aliphatic heterocycles. The predicted molar refractivity (Wildman–Crippen MR) is 123 cm³/mol. The molecule has 1 aromatic heterocycles. The SMILES string of the molecule is Cc1c(-c2ccc(OC3CCN(C(=O)C(C)NC(=O)O)CC3)cc2)ccc2cccnc12. The Labute approximate surface area is 187 Å². The summed E-state index contributed by atoms with van der Waals surface area (Å²) >= 11 is 0. The molecule has 1 fully saturated rings. The smallest absolute Gasteiger partial charge is 0.405 e. The fourth-order valence-electron chi connectivity index (χ4n) is 4.22. The summed E-state index contributed by atoms with van der Waals surface area (Å²) < 4.78 is 6.14. The number of pyridine rings is 1. The second-order valence-corrected chi connectivity index (χ2v) is 8.15. The second kappa shape index (κ2) is 9.26. The number of aryl methyl sites for hydroxylation is 1. The summed E-state index contributed by atoms with van der Waals surface area (Å²) in [5, 5.41) is 12.1. The van der Waals surface area contributed by atoms with Gasteiger partial charge in [-0.2, -0.15) is 0 Å². The lowest BCUT2D eigenvalue weighted by Crippen LogP contribution is -2.50. The van der Waals surface area contributed by atoms with Gasteiger partial charge in [0.25, 0.3) is 0 Å². The molecule has 2 amide bonds. The predicted octanol–water partition coefficient (Wildman–Crippen LogP) is 4.24. The zero-order valence-corrected chi connectivity index (χ0v) is 18.2. The average molecular weight is 434 g/mol. The van der Waals surface area contributed by atoms with E-state index in [2.05, 4.69) is 47.6 Å². The fraction of sp³-hybridized carbons (Fsp3) is 0.320. The van der Waals surface area contributed by atoms with Gasteiger partial charge in [-0.3, -0.25) is 9.78 Å². The highest BCUT2D eigenvalue weighted by Gasteiger charge is 2.27. The molecule has 32 heavy (non-hydrogen) atoms. The van der Waals surface area contributed by atoms with Crippen LogP contribution in [0.4, 0.5) is 4.79 Å². The lowest BCUT2D eigenvalue weighted by molar-refractivity contribution is -0.134. The van der Waals surface area contributed by atoms with Crippen LogP contribution in [0, 0.1) is 6.92 Å². The molecule has 1 unspecified atom stereocenters. The standard InChI is InChI=1S/C25H27N3O4/c1-16-22(10-7-19-4-3-13-26-23(16)19)18-5-8-20(9-6-18)32-21-11-14-28(15-12-21)24(29)17(2)27-25(30)31/h3-10,13,17,21,27H,11-12,14-15H2,1-2H3,(H,30,31). The maximum absolute atomic E-state index is 12.3. The van der Waals surface area contributed by atoms with Crippen molar-refractivity contribution in [2.75, 3.05) is 13.1 Å². The van der Waals surface area contributed by atoms with Gasteiger partial charge in [0.15, 0.2) is 0 Å². The van der Waals surface area contributed by atoms with Gasteiger partial charge in [-0.1, -0.05) is 30.3 Å². The van der Waals surface area contributed by atoms with Crippen molar-refractivity contribution in [3.05, 3.63) is 60.3 Å². The summed E-state index contributed by atoms with van der Waals surface area (Å²) in [7, 11) is 0. The number of likely N-dealkylation sites (tertiary alicyclic amines) is 1. The van der Waals surface area contributed by atoms with Gasteiger partial charge in [0.05, 0.1) is 5.52 Å². The molecule has 7 nitrogen and oxygen atoms in total. The molecule has 3 aromatic rings. The molecular weight excluding hydrogens is 406 g/mol. The number of fused-ring (bicyclic) bond motifs is 1. The Kier molecular flexibility index (Phi) is 6.25. The number of carbonyl (C=O) groups excluding carboxylic acids is 1. The molecule has 2 heterocycles. The number of nitrogens with zero attached hydrogens (tertiary/aromatic N) is 2. The van der Waals surface area contributed by atoms with Crippen molar-refractivity contribution >= 4 is 22.9 Å². The van der Waals surface area contributed by atoms with Gasteiger partial charge in [0, 0.05) is 37.5 Å². The topological polar surface area (TPSA) is 91.8 Å². The van der Waals surface area contributed by atoms with Gasteiger partial charge in [0.2, 0.25) is 5.91 Å². The highest BCUT2D eigenvalue weighted by Crippen LogP contribution is 2.30. The zero-order chi connectivity index (χ0) is 22.7. The molecule has 0 spiro atoms. The van der Waals surface area contributed by atoms with Crippen molar-refractivity contribution in [2.45, 2.75) is 38.8 Å². The molecule has 1 aliphatic rings. The summed E-state index contributed by atoms with van der Waals surface area (Å²) in [6.45, 7) is 4.76. The number of hydrogen-bond acceptors (Lipinski definition) is 4. The van der Waals surface area contributed by atoms with Crippen molar-refractivity contribution < 1.29 is 19.4 Å². The van der Waals surface area contributed by atoms with Crippen LogP contribution in [0.3, 0.4) is 0 Å². The van der Waals surface area contributed by atoms with E-state index in [9.17, 15) is 9.59 Å². The van der Waals surface area contributed by atoms with E-state index >= 15 is 0 Å².